The maximum atomic E-state index is 10.7. The Hall–Kier alpha value is -1.88. The Labute approximate surface area is 127 Å². The summed E-state index contributed by atoms with van der Waals surface area (Å²) in [4.78, 5) is 21.2. The number of hydrogen-bond donors (Lipinski definition) is 2. The van der Waals surface area contributed by atoms with Gasteiger partial charge in [-0.25, -0.2) is 4.79 Å². The second-order valence-electron chi connectivity index (χ2n) is 4.82. The van der Waals surface area contributed by atoms with Gasteiger partial charge >= 0.3 is 5.97 Å². The lowest BCUT2D eigenvalue weighted by Gasteiger charge is -2.34. The summed E-state index contributed by atoms with van der Waals surface area (Å²) in [6.45, 7) is 14.2. The number of carbonyl (C=O) groups is 2. The Balaban J connectivity index is 0.000000400. The Morgan fingerprint density at radius 3 is 1.52 bits per heavy atom. The predicted octanol–water partition coefficient (Wildman–Crippen LogP) is 2.37. The van der Waals surface area contributed by atoms with Gasteiger partial charge in [-0.15, -0.1) is 0 Å². The first kappa shape index (κ1) is 19.1. The van der Waals surface area contributed by atoms with Gasteiger partial charge in [0, 0.05) is 0 Å². The van der Waals surface area contributed by atoms with Crippen LogP contribution < -0.4 is 5.73 Å². The van der Waals surface area contributed by atoms with Crippen LogP contribution in [0.3, 0.4) is 0 Å². The molecule has 0 fully saturated rings. The van der Waals surface area contributed by atoms with Gasteiger partial charge in [-0.3, -0.25) is 4.79 Å². The third kappa shape index (κ3) is 5.55. The molecule has 5 heteroatoms. The van der Waals surface area contributed by atoms with Crippen molar-refractivity contribution >= 4 is 11.9 Å². The summed E-state index contributed by atoms with van der Waals surface area (Å²) in [6.07, 6.45) is 0. The molecule has 5 nitrogen and oxygen atoms in total. The summed E-state index contributed by atoms with van der Waals surface area (Å²) in [7, 11) is 0. The largest absolute Gasteiger partial charge is 0.478 e. The number of carboxylic acid groups (broad SMARTS) is 1. The number of carboxylic acids is 1. The number of quaternary nitrogens is 1. The zero-order valence-electron chi connectivity index (χ0n) is 13.4. The summed E-state index contributed by atoms with van der Waals surface area (Å²) in [5.74, 6) is -1.88. The first-order chi connectivity index (χ1) is 9.87. The Morgan fingerprint density at radius 2 is 1.33 bits per heavy atom. The van der Waals surface area contributed by atoms with Crippen molar-refractivity contribution in [1.82, 2.24) is 0 Å². The van der Waals surface area contributed by atoms with Gasteiger partial charge in [0.2, 0.25) is 5.91 Å². The average Bonchev–Trinajstić information content (AvgIpc) is 2.50. The van der Waals surface area contributed by atoms with Crippen molar-refractivity contribution in [2.24, 2.45) is 5.73 Å². The number of nitrogens with two attached hydrogens (primary N) is 1. The van der Waals surface area contributed by atoms with E-state index in [4.69, 9.17) is 10.8 Å². The van der Waals surface area contributed by atoms with E-state index < -0.39 is 11.9 Å². The summed E-state index contributed by atoms with van der Waals surface area (Å²) in [5.41, 5.74) is 4.92. The van der Waals surface area contributed by atoms with Crippen molar-refractivity contribution in [2.75, 3.05) is 26.2 Å². The van der Waals surface area contributed by atoms with Crippen LogP contribution in [0.2, 0.25) is 0 Å². The quantitative estimate of drug-likeness (QED) is 0.791. The van der Waals surface area contributed by atoms with Crippen LogP contribution in [0.1, 0.15) is 48.4 Å². The maximum absolute atomic E-state index is 10.7. The highest BCUT2D eigenvalue weighted by Gasteiger charge is 2.16. The maximum Gasteiger partial charge on any atom is 0.336 e. The molecule has 1 aromatic rings. The van der Waals surface area contributed by atoms with Crippen molar-refractivity contribution in [3.63, 3.8) is 0 Å². The molecule has 1 aromatic carbocycles. The van der Waals surface area contributed by atoms with E-state index in [1.807, 2.05) is 0 Å². The van der Waals surface area contributed by atoms with Crippen molar-refractivity contribution in [2.45, 2.75) is 27.7 Å². The molecule has 0 radical (unpaired) electrons. The molecule has 0 spiro atoms. The molecule has 0 bridgehead atoms. The molecule has 21 heavy (non-hydrogen) atoms. The molecule has 0 unspecified atom stereocenters. The highest BCUT2D eigenvalue weighted by molar-refractivity contribution is 6.03. The minimum absolute atomic E-state index is 0.0324. The van der Waals surface area contributed by atoms with Crippen LogP contribution in [-0.2, 0) is 0 Å². The van der Waals surface area contributed by atoms with Gasteiger partial charge in [-0.05, 0) is 39.8 Å². The molecule has 118 valence electrons. The van der Waals surface area contributed by atoms with Crippen LogP contribution in [0.25, 0.3) is 0 Å². The second kappa shape index (κ2) is 9.13. The van der Waals surface area contributed by atoms with E-state index in [1.165, 1.54) is 48.9 Å². The number of aromatic carboxylic acids is 1. The highest BCUT2D eigenvalue weighted by atomic mass is 16.4. The van der Waals surface area contributed by atoms with E-state index in [9.17, 15) is 9.59 Å². The van der Waals surface area contributed by atoms with E-state index in [0.717, 1.165) is 0 Å². The van der Waals surface area contributed by atoms with Gasteiger partial charge in [-0.2, -0.15) is 0 Å². The first-order valence-electron chi connectivity index (χ1n) is 7.34. The number of hydrogen-bond acceptors (Lipinski definition) is 2. The molecule has 1 rings (SSSR count). The minimum Gasteiger partial charge on any atom is -0.478 e. The van der Waals surface area contributed by atoms with Gasteiger partial charge < -0.3 is 15.3 Å². The molecule has 0 aliphatic rings. The average molecular weight is 295 g/mol. The molecule has 0 aromatic heterocycles. The minimum atomic E-state index is -1.15. The van der Waals surface area contributed by atoms with E-state index in [0.29, 0.717) is 0 Å². The lowest BCUT2D eigenvalue weighted by Crippen LogP contribution is -2.47. The monoisotopic (exact) mass is 295 g/mol. The van der Waals surface area contributed by atoms with E-state index in [1.54, 1.807) is 6.07 Å². The smallest absolute Gasteiger partial charge is 0.336 e. The molecule has 3 N–H and O–H groups in total. The third-order valence-corrected chi connectivity index (χ3v) is 4.11. The molecule has 0 heterocycles. The standard InChI is InChI=1S/C8H7NO3.C8H20N/c9-7(10)5-3-1-2-4-6(5)8(11)12;1-5-9(6-2,7-3)8-4/h1-4H,(H2,9,10)(H,11,12);5-8H2,1-4H3/q;+1. The molecule has 0 saturated carbocycles. The molecule has 0 saturated heterocycles. The summed E-state index contributed by atoms with van der Waals surface area (Å²) in [5, 5.41) is 8.61. The summed E-state index contributed by atoms with van der Waals surface area (Å²) >= 11 is 0. The number of benzene rings is 1. The van der Waals surface area contributed by atoms with Gasteiger partial charge in [0.15, 0.2) is 0 Å². The third-order valence-electron chi connectivity index (χ3n) is 4.11. The van der Waals surface area contributed by atoms with Gasteiger partial charge in [0.25, 0.3) is 0 Å². The van der Waals surface area contributed by atoms with E-state index >= 15 is 0 Å². The molecule has 0 atom stereocenters. The second-order valence-corrected chi connectivity index (χ2v) is 4.82. The fourth-order valence-corrected chi connectivity index (χ4v) is 2.23. The van der Waals surface area contributed by atoms with Crippen LogP contribution >= 0.6 is 0 Å². The van der Waals surface area contributed by atoms with E-state index in [2.05, 4.69) is 27.7 Å². The zero-order chi connectivity index (χ0) is 16.5. The lowest BCUT2D eigenvalue weighted by molar-refractivity contribution is -0.921. The van der Waals surface area contributed by atoms with Gasteiger partial charge in [-0.1, -0.05) is 12.1 Å². The van der Waals surface area contributed by atoms with Crippen LogP contribution in [0.15, 0.2) is 24.3 Å². The van der Waals surface area contributed by atoms with Crippen LogP contribution in [0, 0.1) is 0 Å². The Bertz CT molecular complexity index is 418. The fourth-order valence-electron chi connectivity index (χ4n) is 2.23. The van der Waals surface area contributed by atoms with Crippen LogP contribution in [-0.4, -0.2) is 47.6 Å². The van der Waals surface area contributed by atoms with Crippen molar-refractivity contribution < 1.29 is 19.2 Å². The van der Waals surface area contributed by atoms with Crippen LogP contribution in [0.4, 0.5) is 0 Å². The van der Waals surface area contributed by atoms with Gasteiger partial charge in [0.1, 0.15) is 0 Å². The number of carbonyl (C=O) groups excluding carboxylic acids is 1. The normalized spacial score (nSPS) is 10.5. The molecule has 0 aliphatic carbocycles. The molecule has 0 aliphatic heterocycles. The lowest BCUT2D eigenvalue weighted by atomic mass is 10.1. The highest BCUT2D eigenvalue weighted by Crippen LogP contribution is 2.07. The Morgan fingerprint density at radius 1 is 0.952 bits per heavy atom. The van der Waals surface area contributed by atoms with Crippen molar-refractivity contribution in [1.29, 1.82) is 0 Å². The fraction of sp³-hybridized carbons (Fsp3) is 0.500. The molecular weight excluding hydrogens is 268 g/mol. The zero-order valence-corrected chi connectivity index (χ0v) is 13.4. The first-order valence-corrected chi connectivity index (χ1v) is 7.34. The summed E-state index contributed by atoms with van der Waals surface area (Å²) < 4.78 is 1.28. The Kier molecular flexibility index (Phi) is 8.31. The topological polar surface area (TPSA) is 80.4 Å². The van der Waals surface area contributed by atoms with Crippen molar-refractivity contribution in [3.8, 4) is 0 Å². The van der Waals surface area contributed by atoms with Gasteiger partial charge in [0.05, 0.1) is 37.3 Å². The number of primary amides is 1. The molecule has 1 amide bonds. The molecular formula is C16H27N2O3+. The number of amides is 1. The van der Waals surface area contributed by atoms with Crippen LogP contribution in [0.5, 0.6) is 0 Å². The van der Waals surface area contributed by atoms with E-state index in [-0.39, 0.29) is 11.1 Å². The SMILES string of the molecule is CC[N+](CC)(CC)CC.NC(=O)c1ccccc1C(=O)O. The number of rotatable bonds is 6. The number of nitrogens with zero attached hydrogens (tertiary/aromatic N) is 1. The summed E-state index contributed by atoms with van der Waals surface area (Å²) in [6, 6.07) is 5.82. The van der Waals surface area contributed by atoms with Crippen molar-refractivity contribution in [3.05, 3.63) is 35.4 Å². The predicted molar refractivity (Wildman–Crippen MR) is 84.3 cm³/mol.